The van der Waals surface area contributed by atoms with E-state index >= 15 is 0 Å². The summed E-state index contributed by atoms with van der Waals surface area (Å²) in [7, 11) is 0. The van der Waals surface area contributed by atoms with Crippen LogP contribution in [0.5, 0.6) is 0 Å². The molecule has 1 amide bonds. The number of carbonyl (C=O) groups excluding carboxylic acids is 1. The number of fused-ring (bicyclic) bond motifs is 3. The fraction of sp³-hybridized carbons (Fsp3) is 0.579. The van der Waals surface area contributed by atoms with Crippen molar-refractivity contribution in [1.29, 1.82) is 0 Å². The summed E-state index contributed by atoms with van der Waals surface area (Å²) >= 11 is 0. The molecule has 4 rings (SSSR count). The van der Waals surface area contributed by atoms with E-state index in [1.807, 2.05) is 25.1 Å². The molecule has 1 aliphatic carbocycles. The van der Waals surface area contributed by atoms with Gasteiger partial charge in [-0.25, -0.2) is 4.98 Å². The number of rotatable bonds is 1. The van der Waals surface area contributed by atoms with Crippen LogP contribution in [0.3, 0.4) is 0 Å². The first kappa shape index (κ1) is 14.7. The normalized spacial score (nSPS) is 29.2. The SMILES string of the molecule is Cc1nc2c(C(=O)N3C[C@]4(C)C[C@H]3CC(C)(C)C4)cccc2[nH]1. The second-order valence-electron chi connectivity index (χ2n) is 8.67. The highest BCUT2D eigenvalue weighted by atomic mass is 16.2. The number of nitrogens with zero attached hydrogens (tertiary/aromatic N) is 2. The van der Waals surface area contributed by atoms with Gasteiger partial charge < -0.3 is 9.88 Å². The molecule has 2 bridgehead atoms. The van der Waals surface area contributed by atoms with E-state index in [0.29, 0.717) is 11.5 Å². The number of likely N-dealkylation sites (tertiary alicyclic amines) is 1. The van der Waals surface area contributed by atoms with E-state index in [-0.39, 0.29) is 11.3 Å². The highest BCUT2D eigenvalue weighted by Crippen LogP contribution is 2.52. The topological polar surface area (TPSA) is 49.0 Å². The van der Waals surface area contributed by atoms with Crippen LogP contribution in [0, 0.1) is 17.8 Å². The van der Waals surface area contributed by atoms with Crippen LogP contribution in [-0.2, 0) is 0 Å². The van der Waals surface area contributed by atoms with E-state index in [9.17, 15) is 4.79 Å². The number of para-hydroxylation sites is 1. The Morgan fingerprint density at radius 2 is 2.09 bits per heavy atom. The molecule has 2 aromatic rings. The zero-order valence-electron chi connectivity index (χ0n) is 14.4. The molecule has 2 heterocycles. The van der Waals surface area contributed by atoms with E-state index in [0.717, 1.165) is 41.8 Å². The molecule has 4 heteroatoms. The van der Waals surface area contributed by atoms with Crippen molar-refractivity contribution >= 4 is 16.9 Å². The summed E-state index contributed by atoms with van der Waals surface area (Å²) in [5.41, 5.74) is 3.07. The smallest absolute Gasteiger partial charge is 0.256 e. The molecule has 1 aliphatic heterocycles. The summed E-state index contributed by atoms with van der Waals surface area (Å²) in [6, 6.07) is 6.22. The van der Waals surface area contributed by atoms with Gasteiger partial charge in [0, 0.05) is 12.6 Å². The zero-order valence-corrected chi connectivity index (χ0v) is 14.4. The highest BCUT2D eigenvalue weighted by Gasteiger charge is 2.51. The van der Waals surface area contributed by atoms with Crippen LogP contribution in [0.1, 0.15) is 56.2 Å². The Balaban J connectivity index is 1.72. The molecule has 2 fully saturated rings. The number of carbonyl (C=O) groups is 1. The minimum Gasteiger partial charge on any atom is -0.342 e. The second kappa shape index (κ2) is 4.59. The summed E-state index contributed by atoms with van der Waals surface area (Å²) in [6.45, 7) is 9.82. The maximum Gasteiger partial charge on any atom is 0.256 e. The van der Waals surface area contributed by atoms with Crippen molar-refractivity contribution in [3.05, 3.63) is 29.6 Å². The molecular weight excluding hydrogens is 286 g/mol. The van der Waals surface area contributed by atoms with E-state index in [2.05, 4.69) is 35.6 Å². The van der Waals surface area contributed by atoms with Crippen LogP contribution < -0.4 is 0 Å². The molecule has 0 spiro atoms. The fourth-order valence-corrected chi connectivity index (χ4v) is 5.18. The molecule has 122 valence electrons. The molecule has 1 N–H and O–H groups in total. The quantitative estimate of drug-likeness (QED) is 0.868. The lowest BCUT2D eigenvalue weighted by Crippen LogP contribution is -2.37. The number of hydrogen-bond acceptors (Lipinski definition) is 2. The maximum absolute atomic E-state index is 13.2. The molecule has 0 radical (unpaired) electrons. The van der Waals surface area contributed by atoms with Gasteiger partial charge in [-0.15, -0.1) is 0 Å². The van der Waals surface area contributed by atoms with Crippen molar-refractivity contribution in [2.24, 2.45) is 10.8 Å². The third kappa shape index (κ3) is 2.35. The van der Waals surface area contributed by atoms with Gasteiger partial charge in [0.05, 0.1) is 11.1 Å². The first-order chi connectivity index (χ1) is 10.8. The Kier molecular flexibility index (Phi) is 2.94. The van der Waals surface area contributed by atoms with Crippen LogP contribution >= 0.6 is 0 Å². The van der Waals surface area contributed by atoms with E-state index in [1.54, 1.807) is 0 Å². The third-order valence-electron chi connectivity index (χ3n) is 5.54. The van der Waals surface area contributed by atoms with Crippen molar-refractivity contribution < 1.29 is 4.79 Å². The Morgan fingerprint density at radius 1 is 1.30 bits per heavy atom. The standard InChI is InChI=1S/C19H25N3O/c1-12-20-15-7-5-6-14(16(15)21-12)17(23)22-11-19(4)9-13(22)8-18(2,3)10-19/h5-7,13H,8-11H2,1-4H3,(H,20,21)/t13-,19-/m1/s1. The average molecular weight is 311 g/mol. The summed E-state index contributed by atoms with van der Waals surface area (Å²) < 4.78 is 0. The lowest BCUT2D eigenvalue weighted by Gasteiger charge is -2.39. The summed E-state index contributed by atoms with van der Waals surface area (Å²) in [6.07, 6.45) is 3.44. The number of aromatic amines is 1. The van der Waals surface area contributed by atoms with Gasteiger partial charge >= 0.3 is 0 Å². The van der Waals surface area contributed by atoms with Crippen molar-refractivity contribution in [2.45, 2.75) is 53.0 Å². The molecule has 1 aromatic carbocycles. The summed E-state index contributed by atoms with van der Waals surface area (Å²) in [4.78, 5) is 23.1. The summed E-state index contributed by atoms with van der Waals surface area (Å²) in [5.74, 6) is 1.00. The van der Waals surface area contributed by atoms with Crippen LogP contribution in [-0.4, -0.2) is 33.4 Å². The number of amides is 1. The van der Waals surface area contributed by atoms with E-state index in [1.165, 1.54) is 6.42 Å². The Bertz CT molecular complexity index is 791. The number of H-pyrrole nitrogens is 1. The van der Waals surface area contributed by atoms with Crippen LogP contribution in [0.25, 0.3) is 11.0 Å². The molecule has 23 heavy (non-hydrogen) atoms. The van der Waals surface area contributed by atoms with Crippen LogP contribution in [0.15, 0.2) is 18.2 Å². The van der Waals surface area contributed by atoms with Crippen molar-refractivity contribution in [3.63, 3.8) is 0 Å². The van der Waals surface area contributed by atoms with Crippen LogP contribution in [0.4, 0.5) is 0 Å². The molecule has 2 aliphatic rings. The lowest BCUT2D eigenvalue weighted by molar-refractivity contribution is 0.0710. The number of aromatic nitrogens is 2. The molecule has 1 saturated carbocycles. The molecule has 4 nitrogen and oxygen atoms in total. The minimum absolute atomic E-state index is 0.147. The maximum atomic E-state index is 13.2. The fourth-order valence-electron chi connectivity index (χ4n) is 5.18. The van der Waals surface area contributed by atoms with Crippen molar-refractivity contribution in [3.8, 4) is 0 Å². The van der Waals surface area contributed by atoms with Gasteiger partial charge in [0.2, 0.25) is 0 Å². The number of hydrogen-bond donors (Lipinski definition) is 1. The molecular formula is C19H25N3O. The van der Waals surface area contributed by atoms with Crippen molar-refractivity contribution in [2.75, 3.05) is 6.54 Å². The second-order valence-corrected chi connectivity index (χ2v) is 8.67. The van der Waals surface area contributed by atoms with Gasteiger partial charge in [0.15, 0.2) is 0 Å². The molecule has 1 saturated heterocycles. The van der Waals surface area contributed by atoms with Gasteiger partial charge in [-0.3, -0.25) is 4.79 Å². The van der Waals surface area contributed by atoms with Gasteiger partial charge in [0.25, 0.3) is 5.91 Å². The number of aryl methyl sites for hydroxylation is 1. The molecule has 2 atom stereocenters. The molecule has 0 unspecified atom stereocenters. The highest BCUT2D eigenvalue weighted by molar-refractivity contribution is 6.05. The Morgan fingerprint density at radius 3 is 2.87 bits per heavy atom. The molecule has 1 aromatic heterocycles. The predicted molar refractivity (Wildman–Crippen MR) is 91.4 cm³/mol. The Hall–Kier alpha value is -1.84. The Labute approximate surface area is 137 Å². The van der Waals surface area contributed by atoms with Crippen LogP contribution in [0.2, 0.25) is 0 Å². The van der Waals surface area contributed by atoms with Gasteiger partial charge in [-0.2, -0.15) is 0 Å². The van der Waals surface area contributed by atoms with E-state index < -0.39 is 0 Å². The number of benzene rings is 1. The van der Waals surface area contributed by atoms with Gasteiger partial charge in [-0.1, -0.05) is 26.8 Å². The first-order valence-corrected chi connectivity index (χ1v) is 8.53. The number of nitrogens with one attached hydrogen (secondary N) is 1. The minimum atomic E-state index is 0.147. The average Bonchev–Trinajstić information content (AvgIpc) is 2.92. The first-order valence-electron chi connectivity index (χ1n) is 8.53. The third-order valence-corrected chi connectivity index (χ3v) is 5.54. The predicted octanol–water partition coefficient (Wildman–Crippen LogP) is 3.91. The van der Waals surface area contributed by atoms with E-state index in [4.69, 9.17) is 0 Å². The summed E-state index contributed by atoms with van der Waals surface area (Å²) in [5, 5.41) is 0. The lowest BCUT2D eigenvalue weighted by atomic mass is 9.65. The zero-order chi connectivity index (χ0) is 16.4. The van der Waals surface area contributed by atoms with Gasteiger partial charge in [0.1, 0.15) is 11.3 Å². The number of imidazole rings is 1. The van der Waals surface area contributed by atoms with Crippen molar-refractivity contribution in [1.82, 2.24) is 14.9 Å². The largest absolute Gasteiger partial charge is 0.342 e. The van der Waals surface area contributed by atoms with Gasteiger partial charge in [-0.05, 0) is 49.1 Å². The monoisotopic (exact) mass is 311 g/mol.